The smallest absolute Gasteiger partial charge is 0.142 e. The Morgan fingerprint density at radius 1 is 1.38 bits per heavy atom. The van der Waals surface area contributed by atoms with Gasteiger partial charge in [-0.1, -0.05) is 44.0 Å². The molecule has 90 valence electrons. The van der Waals surface area contributed by atoms with E-state index in [1.165, 1.54) is 6.07 Å². The molecule has 0 fully saturated rings. The molecular formula is C13H19ClFN. The predicted octanol–water partition coefficient (Wildman–Crippen LogP) is 4.00. The molecular weight excluding hydrogens is 225 g/mol. The van der Waals surface area contributed by atoms with Gasteiger partial charge < -0.3 is 5.32 Å². The van der Waals surface area contributed by atoms with Gasteiger partial charge in [0, 0.05) is 12.6 Å². The largest absolute Gasteiger partial charge is 0.310 e. The van der Waals surface area contributed by atoms with Crippen molar-refractivity contribution in [3.63, 3.8) is 0 Å². The van der Waals surface area contributed by atoms with Crippen molar-refractivity contribution in [3.8, 4) is 0 Å². The maximum absolute atomic E-state index is 13.2. The van der Waals surface area contributed by atoms with Crippen LogP contribution in [0, 0.1) is 11.7 Å². The first-order valence-corrected chi connectivity index (χ1v) is 6.10. The molecule has 1 nitrogen and oxygen atoms in total. The lowest BCUT2D eigenvalue weighted by molar-refractivity contribution is 0.389. The third-order valence-corrected chi connectivity index (χ3v) is 3.57. The molecule has 0 bridgehead atoms. The maximum Gasteiger partial charge on any atom is 0.142 e. The Bertz CT molecular complexity index is 341. The summed E-state index contributed by atoms with van der Waals surface area (Å²) in [5.41, 5.74) is 0.816. The second-order valence-corrected chi connectivity index (χ2v) is 4.65. The van der Waals surface area contributed by atoms with E-state index in [0.29, 0.717) is 18.5 Å². The van der Waals surface area contributed by atoms with Crippen LogP contribution in [0.1, 0.15) is 32.8 Å². The van der Waals surface area contributed by atoms with Gasteiger partial charge in [-0.05, 0) is 24.5 Å². The van der Waals surface area contributed by atoms with Crippen LogP contribution < -0.4 is 5.32 Å². The van der Waals surface area contributed by atoms with Gasteiger partial charge in [0.2, 0.25) is 0 Å². The summed E-state index contributed by atoms with van der Waals surface area (Å²) in [6, 6.07) is 5.32. The molecule has 3 heteroatoms. The molecule has 1 rings (SSSR count). The molecule has 0 spiro atoms. The molecule has 1 aromatic rings. The van der Waals surface area contributed by atoms with Crippen LogP contribution in [0.2, 0.25) is 5.02 Å². The van der Waals surface area contributed by atoms with Crippen molar-refractivity contribution in [2.45, 2.75) is 39.8 Å². The fourth-order valence-corrected chi connectivity index (χ4v) is 1.70. The molecule has 0 aliphatic heterocycles. The van der Waals surface area contributed by atoms with E-state index in [1.54, 1.807) is 6.07 Å². The number of hydrogen-bond donors (Lipinski definition) is 1. The van der Waals surface area contributed by atoms with E-state index < -0.39 is 0 Å². The van der Waals surface area contributed by atoms with Crippen molar-refractivity contribution in [1.29, 1.82) is 0 Å². The zero-order valence-electron chi connectivity index (χ0n) is 10.1. The first-order chi connectivity index (χ1) is 7.56. The highest BCUT2D eigenvalue weighted by Gasteiger charge is 2.11. The third kappa shape index (κ3) is 3.46. The molecule has 2 atom stereocenters. The Hall–Kier alpha value is -0.600. The molecule has 0 saturated carbocycles. The van der Waals surface area contributed by atoms with E-state index in [9.17, 15) is 4.39 Å². The quantitative estimate of drug-likeness (QED) is 0.824. The highest BCUT2D eigenvalue weighted by molar-refractivity contribution is 6.31. The van der Waals surface area contributed by atoms with Gasteiger partial charge in [0.05, 0.1) is 5.02 Å². The SMILES string of the molecule is CCC(C)C(C)NCc1cccc(F)c1Cl. The zero-order chi connectivity index (χ0) is 12.1. The fraction of sp³-hybridized carbons (Fsp3) is 0.538. The number of rotatable bonds is 5. The van der Waals surface area contributed by atoms with Crippen LogP contribution in [-0.4, -0.2) is 6.04 Å². The molecule has 0 saturated heterocycles. The van der Waals surface area contributed by atoms with E-state index in [1.807, 2.05) is 6.07 Å². The summed E-state index contributed by atoms with van der Waals surface area (Å²) in [7, 11) is 0. The molecule has 0 aliphatic rings. The van der Waals surface area contributed by atoms with E-state index in [-0.39, 0.29) is 10.8 Å². The Morgan fingerprint density at radius 3 is 2.69 bits per heavy atom. The lowest BCUT2D eigenvalue weighted by Gasteiger charge is -2.20. The second kappa shape index (κ2) is 6.21. The Morgan fingerprint density at radius 2 is 2.06 bits per heavy atom. The van der Waals surface area contributed by atoms with Gasteiger partial charge in [-0.15, -0.1) is 0 Å². The number of benzene rings is 1. The first kappa shape index (κ1) is 13.5. The lowest BCUT2D eigenvalue weighted by atomic mass is 10.0. The highest BCUT2D eigenvalue weighted by atomic mass is 35.5. The average Bonchev–Trinajstić information content (AvgIpc) is 2.29. The third-order valence-electron chi connectivity index (χ3n) is 3.14. The molecule has 16 heavy (non-hydrogen) atoms. The maximum atomic E-state index is 13.2. The molecule has 1 N–H and O–H groups in total. The molecule has 0 heterocycles. The minimum absolute atomic E-state index is 0.228. The Kier molecular flexibility index (Phi) is 5.23. The standard InChI is InChI=1S/C13H19ClFN/c1-4-9(2)10(3)16-8-11-6-5-7-12(15)13(11)14/h5-7,9-10,16H,4,8H2,1-3H3. The minimum atomic E-state index is -0.350. The van der Waals surface area contributed by atoms with Gasteiger partial charge in [-0.2, -0.15) is 0 Å². The van der Waals surface area contributed by atoms with E-state index in [0.717, 1.165) is 12.0 Å². The second-order valence-electron chi connectivity index (χ2n) is 4.27. The van der Waals surface area contributed by atoms with Crippen LogP contribution >= 0.6 is 11.6 Å². The number of hydrogen-bond acceptors (Lipinski definition) is 1. The summed E-state index contributed by atoms with van der Waals surface area (Å²) >= 11 is 5.88. The molecule has 0 amide bonds. The van der Waals surface area contributed by atoms with Crippen LogP contribution in [0.4, 0.5) is 4.39 Å². The first-order valence-electron chi connectivity index (χ1n) is 5.72. The Balaban J connectivity index is 2.58. The van der Waals surface area contributed by atoms with Gasteiger partial charge in [-0.25, -0.2) is 4.39 Å². The molecule has 0 aliphatic carbocycles. The van der Waals surface area contributed by atoms with Gasteiger partial charge >= 0.3 is 0 Å². The summed E-state index contributed by atoms with van der Waals surface area (Å²) < 4.78 is 13.2. The zero-order valence-corrected chi connectivity index (χ0v) is 10.8. The van der Waals surface area contributed by atoms with Crippen molar-refractivity contribution < 1.29 is 4.39 Å². The van der Waals surface area contributed by atoms with Gasteiger partial charge in [0.15, 0.2) is 0 Å². The van der Waals surface area contributed by atoms with Crippen molar-refractivity contribution in [2.24, 2.45) is 5.92 Å². The summed E-state index contributed by atoms with van der Waals surface area (Å²) in [6.07, 6.45) is 1.13. The van der Waals surface area contributed by atoms with Crippen molar-refractivity contribution in [2.75, 3.05) is 0 Å². The number of halogens is 2. The monoisotopic (exact) mass is 243 g/mol. The van der Waals surface area contributed by atoms with Gasteiger partial charge in [0.1, 0.15) is 5.82 Å². The van der Waals surface area contributed by atoms with E-state index >= 15 is 0 Å². The summed E-state index contributed by atoms with van der Waals surface area (Å²) in [5.74, 6) is 0.254. The van der Waals surface area contributed by atoms with Gasteiger partial charge in [0.25, 0.3) is 0 Å². The van der Waals surface area contributed by atoms with Crippen LogP contribution in [0.3, 0.4) is 0 Å². The summed E-state index contributed by atoms with van der Waals surface area (Å²) in [6.45, 7) is 7.12. The van der Waals surface area contributed by atoms with E-state index in [4.69, 9.17) is 11.6 Å². The normalized spacial score (nSPS) is 14.8. The van der Waals surface area contributed by atoms with E-state index in [2.05, 4.69) is 26.1 Å². The molecule has 1 aromatic carbocycles. The highest BCUT2D eigenvalue weighted by Crippen LogP contribution is 2.19. The summed E-state index contributed by atoms with van der Waals surface area (Å²) in [4.78, 5) is 0. The van der Waals surface area contributed by atoms with Gasteiger partial charge in [-0.3, -0.25) is 0 Å². The molecule has 0 radical (unpaired) electrons. The fourth-order valence-electron chi connectivity index (χ4n) is 1.51. The number of nitrogens with one attached hydrogen (secondary N) is 1. The van der Waals surface area contributed by atoms with Crippen LogP contribution in [-0.2, 0) is 6.54 Å². The summed E-state index contributed by atoms with van der Waals surface area (Å²) in [5, 5.41) is 3.59. The topological polar surface area (TPSA) is 12.0 Å². The molecule has 0 aromatic heterocycles. The van der Waals surface area contributed by atoms with Crippen molar-refractivity contribution in [1.82, 2.24) is 5.32 Å². The lowest BCUT2D eigenvalue weighted by Crippen LogP contribution is -2.31. The van der Waals surface area contributed by atoms with Crippen LogP contribution in [0.5, 0.6) is 0 Å². The van der Waals surface area contributed by atoms with Crippen molar-refractivity contribution >= 4 is 11.6 Å². The minimum Gasteiger partial charge on any atom is -0.310 e. The average molecular weight is 244 g/mol. The predicted molar refractivity (Wildman–Crippen MR) is 67.2 cm³/mol. The van der Waals surface area contributed by atoms with Crippen LogP contribution in [0.25, 0.3) is 0 Å². The van der Waals surface area contributed by atoms with Crippen LogP contribution in [0.15, 0.2) is 18.2 Å². The Labute approximate surface area is 102 Å². The molecule has 2 unspecified atom stereocenters. The van der Waals surface area contributed by atoms with Crippen molar-refractivity contribution in [3.05, 3.63) is 34.6 Å².